The Morgan fingerprint density at radius 1 is 1.04 bits per heavy atom. The summed E-state index contributed by atoms with van der Waals surface area (Å²) in [7, 11) is 0. The zero-order valence-electron chi connectivity index (χ0n) is 12.3. The SMILES string of the molecule is O=C(Nc1cc(F)ccc1N1CCCC1)c1ccc(Cl)c(Cl)c1. The van der Waals surface area contributed by atoms with Crippen LogP contribution in [0.5, 0.6) is 0 Å². The molecular formula is C17H15Cl2FN2O. The van der Waals surface area contributed by atoms with E-state index in [0.29, 0.717) is 21.3 Å². The van der Waals surface area contributed by atoms with Gasteiger partial charge in [0.25, 0.3) is 5.91 Å². The molecule has 1 aliphatic rings. The molecule has 0 aromatic heterocycles. The third-order valence-corrected chi connectivity index (χ3v) is 4.57. The molecule has 6 heteroatoms. The van der Waals surface area contributed by atoms with Crippen LogP contribution in [0.3, 0.4) is 0 Å². The van der Waals surface area contributed by atoms with Gasteiger partial charge in [-0.2, -0.15) is 0 Å². The highest BCUT2D eigenvalue weighted by Gasteiger charge is 2.18. The smallest absolute Gasteiger partial charge is 0.255 e. The van der Waals surface area contributed by atoms with Crippen molar-refractivity contribution in [2.45, 2.75) is 12.8 Å². The molecule has 2 aromatic rings. The third kappa shape index (κ3) is 3.59. The van der Waals surface area contributed by atoms with Crippen LogP contribution >= 0.6 is 23.2 Å². The molecule has 0 saturated carbocycles. The van der Waals surface area contributed by atoms with Gasteiger partial charge in [-0.05, 0) is 49.2 Å². The van der Waals surface area contributed by atoms with Gasteiger partial charge < -0.3 is 10.2 Å². The topological polar surface area (TPSA) is 32.3 Å². The maximum atomic E-state index is 13.6. The van der Waals surface area contributed by atoms with Gasteiger partial charge in [-0.15, -0.1) is 0 Å². The van der Waals surface area contributed by atoms with Crippen LogP contribution in [-0.2, 0) is 0 Å². The van der Waals surface area contributed by atoms with Crippen LogP contribution in [0.15, 0.2) is 36.4 Å². The van der Waals surface area contributed by atoms with Crippen LogP contribution < -0.4 is 10.2 Å². The lowest BCUT2D eigenvalue weighted by Gasteiger charge is -2.21. The molecule has 0 radical (unpaired) electrons. The summed E-state index contributed by atoms with van der Waals surface area (Å²) in [6.45, 7) is 1.81. The van der Waals surface area contributed by atoms with E-state index in [0.717, 1.165) is 31.6 Å². The molecular weight excluding hydrogens is 338 g/mol. The van der Waals surface area contributed by atoms with Crippen LogP contribution in [0, 0.1) is 5.82 Å². The number of rotatable bonds is 3. The second kappa shape index (κ2) is 6.77. The van der Waals surface area contributed by atoms with Gasteiger partial charge in [0.15, 0.2) is 0 Å². The van der Waals surface area contributed by atoms with E-state index in [1.54, 1.807) is 18.2 Å². The Bertz CT molecular complexity index is 745. The second-order valence-corrected chi connectivity index (χ2v) is 6.25. The lowest BCUT2D eigenvalue weighted by atomic mass is 10.2. The second-order valence-electron chi connectivity index (χ2n) is 5.44. The van der Waals surface area contributed by atoms with Gasteiger partial charge in [0, 0.05) is 18.7 Å². The molecule has 1 fully saturated rings. The van der Waals surface area contributed by atoms with Crippen molar-refractivity contribution < 1.29 is 9.18 Å². The van der Waals surface area contributed by atoms with E-state index < -0.39 is 5.82 Å². The molecule has 2 aromatic carbocycles. The minimum Gasteiger partial charge on any atom is -0.370 e. The highest BCUT2D eigenvalue weighted by molar-refractivity contribution is 6.42. The summed E-state index contributed by atoms with van der Waals surface area (Å²) in [4.78, 5) is 14.5. The van der Waals surface area contributed by atoms with E-state index in [1.165, 1.54) is 18.2 Å². The fraction of sp³-hybridized carbons (Fsp3) is 0.235. The molecule has 1 heterocycles. The highest BCUT2D eigenvalue weighted by atomic mass is 35.5. The molecule has 3 nitrogen and oxygen atoms in total. The number of carbonyl (C=O) groups is 1. The van der Waals surface area contributed by atoms with Crippen molar-refractivity contribution in [3.63, 3.8) is 0 Å². The molecule has 1 N–H and O–H groups in total. The number of anilines is 2. The number of halogens is 3. The van der Waals surface area contributed by atoms with E-state index in [-0.39, 0.29) is 5.91 Å². The van der Waals surface area contributed by atoms with E-state index in [2.05, 4.69) is 10.2 Å². The molecule has 1 amide bonds. The Balaban J connectivity index is 1.87. The van der Waals surface area contributed by atoms with Gasteiger partial charge in [-0.3, -0.25) is 4.79 Å². The zero-order chi connectivity index (χ0) is 16.4. The normalized spacial score (nSPS) is 14.1. The monoisotopic (exact) mass is 352 g/mol. The molecule has 1 saturated heterocycles. The van der Waals surface area contributed by atoms with Crippen LogP contribution in [0.4, 0.5) is 15.8 Å². The number of amides is 1. The molecule has 3 rings (SSSR count). The third-order valence-electron chi connectivity index (χ3n) is 3.84. The number of hydrogen-bond donors (Lipinski definition) is 1. The van der Waals surface area contributed by atoms with Crippen LogP contribution in [0.25, 0.3) is 0 Å². The maximum Gasteiger partial charge on any atom is 0.255 e. The summed E-state index contributed by atoms with van der Waals surface area (Å²) < 4.78 is 13.6. The minimum absolute atomic E-state index is 0.304. The van der Waals surface area contributed by atoms with Crippen molar-refractivity contribution in [1.29, 1.82) is 0 Å². The molecule has 0 aliphatic carbocycles. The Kier molecular flexibility index (Phi) is 4.74. The van der Waals surface area contributed by atoms with E-state index >= 15 is 0 Å². The summed E-state index contributed by atoms with van der Waals surface area (Å²) in [6.07, 6.45) is 2.19. The summed E-state index contributed by atoms with van der Waals surface area (Å²) in [6, 6.07) is 9.08. The predicted molar refractivity (Wildman–Crippen MR) is 92.3 cm³/mol. The van der Waals surface area contributed by atoms with Crippen LogP contribution in [-0.4, -0.2) is 19.0 Å². The van der Waals surface area contributed by atoms with Crippen molar-refractivity contribution in [3.05, 3.63) is 57.8 Å². The lowest BCUT2D eigenvalue weighted by molar-refractivity contribution is 0.102. The molecule has 0 bridgehead atoms. The average molecular weight is 353 g/mol. The van der Waals surface area contributed by atoms with Gasteiger partial charge in [0.1, 0.15) is 5.82 Å². The minimum atomic E-state index is -0.391. The Morgan fingerprint density at radius 2 is 1.78 bits per heavy atom. The van der Waals surface area contributed by atoms with Gasteiger partial charge in [-0.1, -0.05) is 23.2 Å². The highest BCUT2D eigenvalue weighted by Crippen LogP contribution is 2.30. The van der Waals surface area contributed by atoms with Crippen LogP contribution in [0.2, 0.25) is 10.0 Å². The zero-order valence-corrected chi connectivity index (χ0v) is 13.8. The molecule has 0 spiro atoms. The van der Waals surface area contributed by atoms with Gasteiger partial charge >= 0.3 is 0 Å². The van der Waals surface area contributed by atoms with Crippen molar-refractivity contribution in [1.82, 2.24) is 0 Å². The maximum absolute atomic E-state index is 13.6. The van der Waals surface area contributed by atoms with Crippen molar-refractivity contribution >= 4 is 40.5 Å². The summed E-state index contributed by atoms with van der Waals surface area (Å²) >= 11 is 11.8. The van der Waals surface area contributed by atoms with E-state index in [4.69, 9.17) is 23.2 Å². The predicted octanol–water partition coefficient (Wildman–Crippen LogP) is 4.99. The first kappa shape index (κ1) is 16.1. The largest absolute Gasteiger partial charge is 0.370 e. The first-order chi connectivity index (χ1) is 11.0. The molecule has 1 aliphatic heterocycles. The Hall–Kier alpha value is -1.78. The lowest BCUT2D eigenvalue weighted by Crippen LogP contribution is -2.21. The van der Waals surface area contributed by atoms with Crippen molar-refractivity contribution in [2.24, 2.45) is 0 Å². The number of nitrogens with zero attached hydrogens (tertiary/aromatic N) is 1. The first-order valence-corrected chi connectivity index (χ1v) is 8.11. The van der Waals surface area contributed by atoms with E-state index in [1.807, 2.05) is 0 Å². The van der Waals surface area contributed by atoms with Gasteiger partial charge in [-0.25, -0.2) is 4.39 Å². The summed E-state index contributed by atoms with van der Waals surface area (Å²) in [5.74, 6) is -0.744. The molecule has 23 heavy (non-hydrogen) atoms. The van der Waals surface area contributed by atoms with Crippen molar-refractivity contribution in [2.75, 3.05) is 23.3 Å². The summed E-state index contributed by atoms with van der Waals surface area (Å²) in [5, 5.41) is 3.45. The van der Waals surface area contributed by atoms with Gasteiger partial charge in [0.2, 0.25) is 0 Å². The standard InChI is InChI=1S/C17H15Cl2FN2O/c18-13-5-3-11(9-14(13)19)17(23)21-15-10-12(20)4-6-16(15)22-7-1-2-8-22/h3-6,9-10H,1-2,7-8H2,(H,21,23). The molecule has 120 valence electrons. The molecule has 0 unspecified atom stereocenters. The Labute approximate surface area is 144 Å². The fourth-order valence-electron chi connectivity index (χ4n) is 2.67. The number of carbonyl (C=O) groups excluding carboxylic acids is 1. The van der Waals surface area contributed by atoms with Crippen molar-refractivity contribution in [3.8, 4) is 0 Å². The van der Waals surface area contributed by atoms with Gasteiger partial charge in [0.05, 0.1) is 21.4 Å². The fourth-order valence-corrected chi connectivity index (χ4v) is 2.97. The number of hydrogen-bond acceptors (Lipinski definition) is 2. The molecule has 0 atom stereocenters. The number of nitrogens with one attached hydrogen (secondary N) is 1. The quantitative estimate of drug-likeness (QED) is 0.844. The van der Waals surface area contributed by atoms with Crippen LogP contribution in [0.1, 0.15) is 23.2 Å². The van der Waals surface area contributed by atoms with E-state index in [9.17, 15) is 9.18 Å². The Morgan fingerprint density at radius 3 is 2.48 bits per heavy atom. The summed E-state index contributed by atoms with van der Waals surface area (Å²) in [5.41, 5.74) is 1.66. The average Bonchev–Trinajstić information content (AvgIpc) is 3.04. The number of benzene rings is 2. The first-order valence-electron chi connectivity index (χ1n) is 7.35.